The quantitative estimate of drug-likeness (QED) is 0.807. The average Bonchev–Trinajstić information content (AvgIpc) is 2.49. The molecule has 1 amide bonds. The maximum Gasteiger partial charge on any atom is 0.335 e. The van der Waals surface area contributed by atoms with E-state index < -0.39 is 11.9 Å². The zero-order chi connectivity index (χ0) is 16.3. The average molecular weight is 320 g/mol. The molecule has 0 spiro atoms. The number of phenolic OH excluding ortho intramolecular Hbond substituents is 1. The summed E-state index contributed by atoms with van der Waals surface area (Å²) in [6, 6.07) is 10.1. The van der Waals surface area contributed by atoms with Crippen molar-refractivity contribution in [2.75, 3.05) is 0 Å². The minimum absolute atomic E-state index is 0.0847. The molecule has 0 saturated carbocycles. The van der Waals surface area contributed by atoms with Crippen molar-refractivity contribution in [3.8, 4) is 5.75 Å². The molecule has 114 valence electrons. The second-order valence-corrected chi connectivity index (χ2v) is 5.22. The van der Waals surface area contributed by atoms with Crippen molar-refractivity contribution >= 4 is 23.5 Å². The highest BCUT2D eigenvalue weighted by atomic mass is 35.5. The number of hydrogen-bond acceptors (Lipinski definition) is 3. The lowest BCUT2D eigenvalue weighted by Gasteiger charge is -2.15. The number of phenols is 1. The predicted octanol–water partition coefficient (Wildman–Crippen LogP) is 3.23. The summed E-state index contributed by atoms with van der Waals surface area (Å²) in [5, 5.41) is 21.6. The van der Waals surface area contributed by atoms with E-state index in [4.69, 9.17) is 16.7 Å². The third kappa shape index (κ3) is 3.56. The second-order valence-electron chi connectivity index (χ2n) is 4.78. The van der Waals surface area contributed by atoms with E-state index in [1.165, 1.54) is 30.3 Å². The topological polar surface area (TPSA) is 86.6 Å². The molecule has 0 aromatic heterocycles. The number of aromatic carboxylic acids is 1. The van der Waals surface area contributed by atoms with Gasteiger partial charge in [0, 0.05) is 5.02 Å². The Balaban J connectivity index is 2.14. The molecule has 0 radical (unpaired) electrons. The number of halogens is 1. The maximum atomic E-state index is 12.2. The standard InChI is InChI=1S/C16H14ClNO4/c1-9(10-2-4-11(5-3-10)16(21)22)18-15(20)13-8-12(17)6-7-14(13)19/h2-9,19H,1H3,(H,18,20)(H,21,22)/t9-/m0/s1. The summed E-state index contributed by atoms with van der Waals surface area (Å²) in [5.41, 5.74) is 1.01. The molecule has 0 heterocycles. The van der Waals surface area contributed by atoms with Crippen LogP contribution in [0.15, 0.2) is 42.5 Å². The number of amides is 1. The molecular formula is C16H14ClNO4. The van der Waals surface area contributed by atoms with Gasteiger partial charge in [0.15, 0.2) is 0 Å². The van der Waals surface area contributed by atoms with Gasteiger partial charge in [0.2, 0.25) is 0 Å². The number of carboxylic acids is 1. The molecule has 0 unspecified atom stereocenters. The number of benzene rings is 2. The maximum absolute atomic E-state index is 12.2. The Morgan fingerprint density at radius 1 is 1.14 bits per heavy atom. The van der Waals surface area contributed by atoms with E-state index in [9.17, 15) is 14.7 Å². The molecule has 0 aliphatic carbocycles. The minimum atomic E-state index is -1.01. The van der Waals surface area contributed by atoms with Crippen LogP contribution in [-0.4, -0.2) is 22.1 Å². The highest BCUT2D eigenvalue weighted by Gasteiger charge is 2.15. The summed E-state index contributed by atoms with van der Waals surface area (Å²) in [4.78, 5) is 23.0. The Kier molecular flexibility index (Phi) is 4.68. The molecule has 2 rings (SSSR count). The zero-order valence-corrected chi connectivity index (χ0v) is 12.5. The van der Waals surface area contributed by atoms with Crippen LogP contribution in [0.1, 0.15) is 39.2 Å². The molecule has 0 saturated heterocycles. The van der Waals surface area contributed by atoms with Gasteiger partial charge in [-0.3, -0.25) is 4.79 Å². The van der Waals surface area contributed by atoms with E-state index in [-0.39, 0.29) is 22.9 Å². The molecule has 5 nitrogen and oxygen atoms in total. The van der Waals surface area contributed by atoms with Gasteiger partial charge >= 0.3 is 5.97 Å². The van der Waals surface area contributed by atoms with E-state index in [1.54, 1.807) is 19.1 Å². The minimum Gasteiger partial charge on any atom is -0.507 e. The largest absolute Gasteiger partial charge is 0.507 e. The van der Waals surface area contributed by atoms with Crippen LogP contribution in [0.2, 0.25) is 5.02 Å². The molecule has 0 aliphatic rings. The number of aromatic hydroxyl groups is 1. The molecule has 2 aromatic carbocycles. The first-order chi connectivity index (χ1) is 10.4. The number of carbonyl (C=O) groups is 2. The summed E-state index contributed by atoms with van der Waals surface area (Å²) in [5.74, 6) is -1.63. The van der Waals surface area contributed by atoms with Crippen molar-refractivity contribution < 1.29 is 19.8 Å². The van der Waals surface area contributed by atoms with Crippen LogP contribution in [-0.2, 0) is 0 Å². The SMILES string of the molecule is C[C@H](NC(=O)c1cc(Cl)ccc1O)c1ccc(C(=O)O)cc1. The Morgan fingerprint density at radius 3 is 2.36 bits per heavy atom. The number of hydrogen-bond donors (Lipinski definition) is 3. The highest BCUT2D eigenvalue weighted by Crippen LogP contribution is 2.22. The first kappa shape index (κ1) is 15.9. The van der Waals surface area contributed by atoms with Gasteiger partial charge in [-0.05, 0) is 42.8 Å². The van der Waals surface area contributed by atoms with Gasteiger partial charge in [-0.25, -0.2) is 4.79 Å². The fraction of sp³-hybridized carbons (Fsp3) is 0.125. The Hall–Kier alpha value is -2.53. The summed E-state index contributed by atoms with van der Waals surface area (Å²) in [7, 11) is 0. The first-order valence-corrected chi connectivity index (χ1v) is 6.89. The van der Waals surface area contributed by atoms with Gasteiger partial charge in [0.1, 0.15) is 5.75 Å². The fourth-order valence-electron chi connectivity index (χ4n) is 1.96. The van der Waals surface area contributed by atoms with Crippen LogP contribution in [0, 0.1) is 0 Å². The molecular weight excluding hydrogens is 306 g/mol. The van der Waals surface area contributed by atoms with E-state index >= 15 is 0 Å². The van der Waals surface area contributed by atoms with Gasteiger partial charge in [-0.1, -0.05) is 23.7 Å². The molecule has 2 aromatic rings. The lowest BCUT2D eigenvalue weighted by atomic mass is 10.1. The van der Waals surface area contributed by atoms with E-state index in [0.717, 1.165) is 5.56 Å². The van der Waals surface area contributed by atoms with Crippen LogP contribution in [0.4, 0.5) is 0 Å². The van der Waals surface area contributed by atoms with Crippen LogP contribution < -0.4 is 5.32 Å². The van der Waals surface area contributed by atoms with Gasteiger partial charge in [-0.15, -0.1) is 0 Å². The van der Waals surface area contributed by atoms with Crippen molar-refractivity contribution in [3.63, 3.8) is 0 Å². The predicted molar refractivity (Wildman–Crippen MR) is 82.4 cm³/mol. The summed E-state index contributed by atoms with van der Waals surface area (Å²) in [6.07, 6.45) is 0. The van der Waals surface area contributed by atoms with Gasteiger partial charge in [0.25, 0.3) is 5.91 Å². The monoisotopic (exact) mass is 319 g/mol. The first-order valence-electron chi connectivity index (χ1n) is 6.51. The van der Waals surface area contributed by atoms with Gasteiger partial charge < -0.3 is 15.5 Å². The van der Waals surface area contributed by atoms with Crippen molar-refractivity contribution in [3.05, 3.63) is 64.2 Å². The molecule has 22 heavy (non-hydrogen) atoms. The van der Waals surface area contributed by atoms with Crippen molar-refractivity contribution in [2.45, 2.75) is 13.0 Å². The summed E-state index contributed by atoms with van der Waals surface area (Å²) >= 11 is 5.81. The normalized spacial score (nSPS) is 11.7. The van der Waals surface area contributed by atoms with Gasteiger partial charge in [-0.2, -0.15) is 0 Å². The molecule has 0 bridgehead atoms. The van der Waals surface area contributed by atoms with Crippen molar-refractivity contribution in [1.29, 1.82) is 0 Å². The Labute approximate surface area is 132 Å². The zero-order valence-electron chi connectivity index (χ0n) is 11.7. The number of nitrogens with one attached hydrogen (secondary N) is 1. The van der Waals surface area contributed by atoms with Crippen LogP contribution in [0.25, 0.3) is 0 Å². The fourth-order valence-corrected chi connectivity index (χ4v) is 2.13. The summed E-state index contributed by atoms with van der Waals surface area (Å²) in [6.45, 7) is 1.76. The second kappa shape index (κ2) is 6.49. The third-order valence-corrected chi connectivity index (χ3v) is 3.44. The number of carboxylic acid groups (broad SMARTS) is 1. The highest BCUT2D eigenvalue weighted by molar-refractivity contribution is 6.31. The van der Waals surface area contributed by atoms with E-state index in [1.807, 2.05) is 0 Å². The van der Waals surface area contributed by atoms with E-state index in [0.29, 0.717) is 5.02 Å². The van der Waals surface area contributed by atoms with Crippen LogP contribution >= 0.6 is 11.6 Å². The van der Waals surface area contributed by atoms with E-state index in [2.05, 4.69) is 5.32 Å². The smallest absolute Gasteiger partial charge is 0.335 e. The molecule has 3 N–H and O–H groups in total. The van der Waals surface area contributed by atoms with Crippen molar-refractivity contribution in [2.24, 2.45) is 0 Å². The van der Waals surface area contributed by atoms with Crippen molar-refractivity contribution in [1.82, 2.24) is 5.32 Å². The third-order valence-electron chi connectivity index (χ3n) is 3.21. The lowest BCUT2D eigenvalue weighted by molar-refractivity contribution is 0.0696. The Bertz CT molecular complexity index is 713. The van der Waals surface area contributed by atoms with Crippen LogP contribution in [0.5, 0.6) is 5.75 Å². The molecule has 0 fully saturated rings. The van der Waals surface area contributed by atoms with Gasteiger partial charge in [0.05, 0.1) is 17.2 Å². The molecule has 1 atom stereocenters. The molecule has 0 aliphatic heterocycles. The van der Waals surface area contributed by atoms with Crippen LogP contribution in [0.3, 0.4) is 0 Å². The number of carbonyl (C=O) groups excluding carboxylic acids is 1. The summed E-state index contributed by atoms with van der Waals surface area (Å²) < 4.78 is 0. The molecule has 6 heteroatoms. The Morgan fingerprint density at radius 2 is 1.77 bits per heavy atom. The lowest BCUT2D eigenvalue weighted by Crippen LogP contribution is -2.26. The number of rotatable bonds is 4.